The number of nitrogens with zero attached hydrogens (tertiary/aromatic N) is 1. The van der Waals surface area contributed by atoms with Crippen LogP contribution >= 0.6 is 12.2 Å². The molecular weight excluding hydrogens is 260 g/mol. The number of methoxy groups -OCH3 is 1. The molecule has 0 aliphatic heterocycles. The summed E-state index contributed by atoms with van der Waals surface area (Å²) in [7, 11) is 1.64. The lowest BCUT2D eigenvalue weighted by Crippen LogP contribution is -2.11. The Balaban J connectivity index is 1.99. The minimum Gasteiger partial charge on any atom is -0.497 e. The molecule has 0 saturated carbocycles. The Morgan fingerprint density at radius 3 is 2.74 bits per heavy atom. The molecule has 5 heteroatoms. The zero-order valence-electron chi connectivity index (χ0n) is 10.5. The predicted octanol–water partition coefficient (Wildman–Crippen LogP) is 2.30. The molecule has 1 aromatic heterocycles. The number of rotatable bonds is 5. The van der Waals surface area contributed by atoms with Crippen LogP contribution < -0.4 is 15.2 Å². The van der Waals surface area contributed by atoms with Crippen LogP contribution in [0.25, 0.3) is 0 Å². The van der Waals surface area contributed by atoms with Crippen molar-refractivity contribution in [2.45, 2.75) is 6.61 Å². The predicted molar refractivity (Wildman–Crippen MR) is 77.5 cm³/mol. The maximum atomic E-state index is 5.62. The summed E-state index contributed by atoms with van der Waals surface area (Å²) in [5.41, 5.74) is 7.09. The summed E-state index contributed by atoms with van der Waals surface area (Å²) in [5, 5.41) is 0. The Labute approximate surface area is 117 Å². The number of aromatic nitrogens is 1. The first-order chi connectivity index (χ1) is 9.19. The number of ether oxygens (including phenoxy) is 2. The van der Waals surface area contributed by atoms with Gasteiger partial charge in [0.15, 0.2) is 0 Å². The van der Waals surface area contributed by atoms with Crippen LogP contribution in [0.3, 0.4) is 0 Å². The molecule has 0 fully saturated rings. The van der Waals surface area contributed by atoms with Crippen molar-refractivity contribution in [3.05, 3.63) is 53.9 Å². The van der Waals surface area contributed by atoms with Crippen molar-refractivity contribution in [3.63, 3.8) is 0 Å². The lowest BCUT2D eigenvalue weighted by atomic mass is 10.2. The first-order valence-corrected chi connectivity index (χ1v) is 6.11. The minimum atomic E-state index is 0.277. The van der Waals surface area contributed by atoms with E-state index in [-0.39, 0.29) is 4.99 Å². The van der Waals surface area contributed by atoms with Crippen molar-refractivity contribution in [3.8, 4) is 11.5 Å². The zero-order chi connectivity index (χ0) is 13.7. The SMILES string of the molecule is COc1cccc(COc2ccc(C(N)=S)nc2)c1. The van der Waals surface area contributed by atoms with Gasteiger partial charge in [0.05, 0.1) is 19.0 Å². The van der Waals surface area contributed by atoms with Crippen molar-refractivity contribution in [2.24, 2.45) is 5.73 Å². The van der Waals surface area contributed by atoms with Crippen LogP contribution in [0.2, 0.25) is 0 Å². The molecule has 0 aliphatic rings. The topological polar surface area (TPSA) is 57.4 Å². The van der Waals surface area contributed by atoms with Crippen molar-refractivity contribution in [1.29, 1.82) is 0 Å². The minimum absolute atomic E-state index is 0.277. The van der Waals surface area contributed by atoms with Gasteiger partial charge in [0.1, 0.15) is 23.1 Å². The van der Waals surface area contributed by atoms with Gasteiger partial charge in [-0.05, 0) is 29.8 Å². The van der Waals surface area contributed by atoms with E-state index in [1.165, 1.54) is 0 Å². The Kier molecular flexibility index (Phi) is 4.30. The normalized spacial score (nSPS) is 9.95. The Bertz CT molecular complexity index is 570. The average Bonchev–Trinajstić information content (AvgIpc) is 2.46. The van der Waals surface area contributed by atoms with Crippen LogP contribution in [0.15, 0.2) is 42.6 Å². The van der Waals surface area contributed by atoms with E-state index >= 15 is 0 Å². The third-order valence-corrected chi connectivity index (χ3v) is 2.74. The van der Waals surface area contributed by atoms with Gasteiger partial charge in [-0.25, -0.2) is 4.98 Å². The maximum Gasteiger partial charge on any atom is 0.138 e. The number of pyridine rings is 1. The van der Waals surface area contributed by atoms with Gasteiger partial charge in [0, 0.05) is 0 Å². The zero-order valence-corrected chi connectivity index (χ0v) is 11.3. The molecule has 2 aromatic rings. The summed E-state index contributed by atoms with van der Waals surface area (Å²) in [6, 6.07) is 11.2. The van der Waals surface area contributed by atoms with E-state index < -0.39 is 0 Å². The van der Waals surface area contributed by atoms with E-state index in [1.54, 1.807) is 25.4 Å². The molecule has 4 nitrogen and oxygen atoms in total. The van der Waals surface area contributed by atoms with Gasteiger partial charge in [0.2, 0.25) is 0 Å². The van der Waals surface area contributed by atoms with Crippen molar-refractivity contribution in [1.82, 2.24) is 4.98 Å². The summed E-state index contributed by atoms with van der Waals surface area (Å²) >= 11 is 4.83. The fraction of sp³-hybridized carbons (Fsp3) is 0.143. The van der Waals surface area contributed by atoms with E-state index in [1.807, 2.05) is 24.3 Å². The second-order valence-electron chi connectivity index (χ2n) is 3.88. The van der Waals surface area contributed by atoms with Gasteiger partial charge in [-0.2, -0.15) is 0 Å². The highest BCUT2D eigenvalue weighted by molar-refractivity contribution is 7.80. The molecule has 1 aromatic carbocycles. The average molecular weight is 274 g/mol. The van der Waals surface area contributed by atoms with Crippen LogP contribution in [0.5, 0.6) is 11.5 Å². The summed E-state index contributed by atoms with van der Waals surface area (Å²) in [6.07, 6.45) is 1.61. The first kappa shape index (κ1) is 13.3. The summed E-state index contributed by atoms with van der Waals surface area (Å²) in [5.74, 6) is 1.48. The molecule has 0 aliphatic carbocycles. The first-order valence-electron chi connectivity index (χ1n) is 5.70. The molecule has 0 bridgehead atoms. The molecule has 2 rings (SSSR count). The van der Waals surface area contributed by atoms with Crippen LogP contribution in [0.4, 0.5) is 0 Å². The quantitative estimate of drug-likeness (QED) is 0.848. The monoisotopic (exact) mass is 274 g/mol. The van der Waals surface area contributed by atoms with Crippen LogP contribution in [-0.2, 0) is 6.61 Å². The number of benzene rings is 1. The molecule has 0 spiro atoms. The fourth-order valence-electron chi connectivity index (χ4n) is 1.54. The van der Waals surface area contributed by atoms with Crippen LogP contribution in [0, 0.1) is 0 Å². The summed E-state index contributed by atoms with van der Waals surface area (Å²) in [6.45, 7) is 0.450. The van der Waals surface area contributed by atoms with Crippen LogP contribution in [-0.4, -0.2) is 17.1 Å². The molecule has 0 saturated heterocycles. The van der Waals surface area contributed by atoms with Crippen molar-refractivity contribution < 1.29 is 9.47 Å². The van der Waals surface area contributed by atoms with Gasteiger partial charge in [0.25, 0.3) is 0 Å². The van der Waals surface area contributed by atoms with E-state index in [0.29, 0.717) is 18.1 Å². The van der Waals surface area contributed by atoms with E-state index in [0.717, 1.165) is 11.3 Å². The molecule has 0 atom stereocenters. The van der Waals surface area contributed by atoms with Gasteiger partial charge < -0.3 is 15.2 Å². The van der Waals surface area contributed by atoms with E-state index in [4.69, 9.17) is 27.4 Å². The Morgan fingerprint density at radius 2 is 2.11 bits per heavy atom. The highest BCUT2D eigenvalue weighted by Crippen LogP contribution is 2.16. The summed E-state index contributed by atoms with van der Waals surface area (Å²) in [4.78, 5) is 4.39. The molecule has 2 N–H and O–H groups in total. The smallest absolute Gasteiger partial charge is 0.138 e. The highest BCUT2D eigenvalue weighted by atomic mass is 32.1. The lowest BCUT2D eigenvalue weighted by molar-refractivity contribution is 0.304. The molecule has 1 heterocycles. The van der Waals surface area contributed by atoms with E-state index in [9.17, 15) is 0 Å². The van der Waals surface area contributed by atoms with Gasteiger partial charge in [-0.15, -0.1) is 0 Å². The summed E-state index contributed by atoms with van der Waals surface area (Å²) < 4.78 is 10.8. The molecule has 0 amide bonds. The molecule has 0 unspecified atom stereocenters. The molecule has 98 valence electrons. The molecule has 0 radical (unpaired) electrons. The van der Waals surface area contributed by atoms with Crippen molar-refractivity contribution in [2.75, 3.05) is 7.11 Å². The van der Waals surface area contributed by atoms with Crippen LogP contribution in [0.1, 0.15) is 11.3 Å². The third kappa shape index (κ3) is 3.66. The maximum absolute atomic E-state index is 5.62. The van der Waals surface area contributed by atoms with Crippen molar-refractivity contribution >= 4 is 17.2 Å². The fourth-order valence-corrected chi connectivity index (χ4v) is 1.66. The number of hydrogen-bond donors (Lipinski definition) is 1. The molecular formula is C14H14N2O2S. The van der Waals surface area contributed by atoms with E-state index in [2.05, 4.69) is 4.98 Å². The van der Waals surface area contributed by atoms with Gasteiger partial charge in [-0.3, -0.25) is 0 Å². The molecule has 19 heavy (non-hydrogen) atoms. The second-order valence-corrected chi connectivity index (χ2v) is 4.32. The second kappa shape index (κ2) is 6.15. The number of hydrogen-bond acceptors (Lipinski definition) is 4. The number of nitrogens with two attached hydrogens (primary N) is 1. The highest BCUT2D eigenvalue weighted by Gasteiger charge is 2.01. The Morgan fingerprint density at radius 1 is 1.26 bits per heavy atom. The van der Waals surface area contributed by atoms with Gasteiger partial charge >= 0.3 is 0 Å². The Hall–Kier alpha value is -2.14. The third-order valence-electron chi connectivity index (χ3n) is 2.53. The van der Waals surface area contributed by atoms with Gasteiger partial charge in [-0.1, -0.05) is 24.4 Å². The lowest BCUT2D eigenvalue weighted by Gasteiger charge is -2.07. The number of thiocarbonyl (C=S) groups is 1. The largest absolute Gasteiger partial charge is 0.497 e. The standard InChI is InChI=1S/C14H14N2O2S/c1-17-11-4-2-3-10(7-11)9-18-12-5-6-13(14(15)19)16-8-12/h2-8H,9H2,1H3,(H2,15,19).